The Morgan fingerprint density at radius 3 is 2.36 bits per heavy atom. The molecule has 4 unspecified atom stereocenters. The third-order valence-electron chi connectivity index (χ3n) is 5.59. The first-order chi connectivity index (χ1) is 12.0. The minimum Gasteiger partial charge on any atom is -0.372 e. The van der Waals surface area contributed by atoms with Gasteiger partial charge in [-0.2, -0.15) is 0 Å². The zero-order valence-corrected chi connectivity index (χ0v) is 15.8. The molecule has 4 atom stereocenters. The van der Waals surface area contributed by atoms with Crippen molar-refractivity contribution in [1.82, 2.24) is 10.2 Å². The number of morpholine rings is 1. The van der Waals surface area contributed by atoms with Crippen LogP contribution in [0.2, 0.25) is 0 Å². The van der Waals surface area contributed by atoms with Crippen molar-refractivity contribution >= 4 is 5.91 Å². The van der Waals surface area contributed by atoms with Crippen molar-refractivity contribution in [2.24, 2.45) is 5.92 Å². The van der Waals surface area contributed by atoms with E-state index in [-0.39, 0.29) is 18.1 Å². The van der Waals surface area contributed by atoms with Crippen molar-refractivity contribution < 1.29 is 9.53 Å². The van der Waals surface area contributed by atoms with Crippen LogP contribution in [0.4, 0.5) is 0 Å². The predicted molar refractivity (Wildman–Crippen MR) is 101 cm³/mol. The molecule has 0 radical (unpaired) electrons. The summed E-state index contributed by atoms with van der Waals surface area (Å²) in [4.78, 5) is 14.6. The van der Waals surface area contributed by atoms with Gasteiger partial charge in [0.05, 0.1) is 12.2 Å². The molecule has 1 aliphatic heterocycles. The summed E-state index contributed by atoms with van der Waals surface area (Å²) in [5.41, 5.74) is 2.02. The molecule has 0 bridgehead atoms. The number of carbonyl (C=O) groups is 1. The van der Waals surface area contributed by atoms with Crippen LogP contribution in [-0.4, -0.2) is 42.1 Å². The molecule has 4 heteroatoms. The van der Waals surface area contributed by atoms with Crippen molar-refractivity contribution in [3.05, 3.63) is 35.4 Å². The average Bonchev–Trinajstić information content (AvgIpc) is 2.60. The van der Waals surface area contributed by atoms with Crippen LogP contribution in [0.5, 0.6) is 0 Å². The van der Waals surface area contributed by atoms with E-state index in [0.717, 1.165) is 18.0 Å². The maximum Gasteiger partial charge on any atom is 0.254 e. The Labute approximate surface area is 151 Å². The van der Waals surface area contributed by atoms with Crippen LogP contribution in [0.1, 0.15) is 62.4 Å². The summed E-state index contributed by atoms with van der Waals surface area (Å²) in [7, 11) is 0. The van der Waals surface area contributed by atoms with E-state index in [1.165, 1.54) is 31.2 Å². The fourth-order valence-electron chi connectivity index (χ4n) is 4.16. The second-order valence-electron chi connectivity index (χ2n) is 7.91. The quantitative estimate of drug-likeness (QED) is 0.907. The Kier molecular flexibility index (Phi) is 6.13. The molecule has 1 heterocycles. The molecule has 25 heavy (non-hydrogen) atoms. The molecule has 1 saturated carbocycles. The summed E-state index contributed by atoms with van der Waals surface area (Å²) in [5.74, 6) is 0.877. The first kappa shape index (κ1) is 18.4. The molecular weight excluding hydrogens is 312 g/mol. The molecule has 3 rings (SSSR count). The van der Waals surface area contributed by atoms with E-state index >= 15 is 0 Å². The van der Waals surface area contributed by atoms with Crippen molar-refractivity contribution in [2.45, 2.75) is 71.2 Å². The van der Waals surface area contributed by atoms with Gasteiger partial charge in [-0.05, 0) is 50.3 Å². The molecular formula is C21H32N2O2. The Balaban J connectivity index is 1.55. The topological polar surface area (TPSA) is 41.6 Å². The smallest absolute Gasteiger partial charge is 0.254 e. The number of carbonyl (C=O) groups excluding carboxylic acids is 1. The Morgan fingerprint density at radius 2 is 1.72 bits per heavy atom. The van der Waals surface area contributed by atoms with Crippen LogP contribution in [0.15, 0.2) is 24.3 Å². The van der Waals surface area contributed by atoms with Gasteiger partial charge in [0.2, 0.25) is 0 Å². The summed E-state index contributed by atoms with van der Waals surface area (Å²) >= 11 is 0. The predicted octanol–water partition coefficient (Wildman–Crippen LogP) is 3.60. The van der Waals surface area contributed by atoms with Gasteiger partial charge in [0.15, 0.2) is 0 Å². The third kappa shape index (κ3) is 4.83. The molecule has 1 amide bonds. The lowest BCUT2D eigenvalue weighted by atomic mass is 9.86. The van der Waals surface area contributed by atoms with Crippen LogP contribution in [0, 0.1) is 5.92 Å². The van der Waals surface area contributed by atoms with Gasteiger partial charge in [-0.25, -0.2) is 0 Å². The van der Waals surface area contributed by atoms with Crippen LogP contribution in [-0.2, 0) is 11.3 Å². The number of hydrogen-bond acceptors (Lipinski definition) is 3. The maximum absolute atomic E-state index is 12.7. The standard InChI is InChI=1S/C21H32N2O2/c1-15-6-4-5-7-20(15)22-12-18-8-10-19(11-9-18)21(24)23-13-16(2)25-17(3)14-23/h8-11,15-17,20,22H,4-7,12-14H2,1-3H3. The monoisotopic (exact) mass is 344 g/mol. The van der Waals surface area contributed by atoms with Gasteiger partial charge in [0, 0.05) is 31.2 Å². The molecule has 1 aromatic carbocycles. The molecule has 1 N–H and O–H groups in total. The highest BCUT2D eigenvalue weighted by Crippen LogP contribution is 2.24. The zero-order chi connectivity index (χ0) is 17.8. The lowest BCUT2D eigenvalue weighted by molar-refractivity contribution is -0.0586. The molecule has 2 aliphatic rings. The first-order valence-electron chi connectivity index (χ1n) is 9.80. The van der Waals surface area contributed by atoms with Crippen LogP contribution in [0.3, 0.4) is 0 Å². The number of nitrogens with one attached hydrogen (secondary N) is 1. The Morgan fingerprint density at radius 1 is 1.08 bits per heavy atom. The summed E-state index contributed by atoms with van der Waals surface area (Å²) in [6.07, 6.45) is 5.54. The van der Waals surface area contributed by atoms with E-state index in [1.54, 1.807) is 0 Å². The Hall–Kier alpha value is -1.39. The van der Waals surface area contributed by atoms with Gasteiger partial charge in [-0.15, -0.1) is 0 Å². The number of amides is 1. The first-order valence-corrected chi connectivity index (χ1v) is 9.80. The highest BCUT2D eigenvalue weighted by Gasteiger charge is 2.26. The molecule has 1 saturated heterocycles. The minimum absolute atomic E-state index is 0.105. The number of hydrogen-bond donors (Lipinski definition) is 1. The number of ether oxygens (including phenoxy) is 1. The van der Waals surface area contributed by atoms with Gasteiger partial charge in [-0.1, -0.05) is 31.9 Å². The van der Waals surface area contributed by atoms with Crippen molar-refractivity contribution in [3.63, 3.8) is 0 Å². The minimum atomic E-state index is 0.105. The number of nitrogens with zero attached hydrogens (tertiary/aromatic N) is 1. The fourth-order valence-corrected chi connectivity index (χ4v) is 4.16. The molecule has 4 nitrogen and oxygen atoms in total. The molecule has 0 spiro atoms. The number of rotatable bonds is 4. The lowest BCUT2D eigenvalue weighted by Crippen LogP contribution is -2.48. The Bertz CT molecular complexity index is 562. The van der Waals surface area contributed by atoms with Crippen molar-refractivity contribution in [2.75, 3.05) is 13.1 Å². The second kappa shape index (κ2) is 8.33. The molecule has 1 aromatic rings. The van der Waals surface area contributed by atoms with E-state index in [0.29, 0.717) is 19.1 Å². The third-order valence-corrected chi connectivity index (χ3v) is 5.59. The SMILES string of the molecule is CC1CN(C(=O)c2ccc(CNC3CCCCC3C)cc2)CC(C)O1. The maximum atomic E-state index is 12.7. The van der Waals surface area contributed by atoms with Crippen LogP contribution < -0.4 is 5.32 Å². The molecule has 138 valence electrons. The van der Waals surface area contributed by atoms with Crippen LogP contribution >= 0.6 is 0 Å². The summed E-state index contributed by atoms with van der Waals surface area (Å²) in [6, 6.07) is 8.73. The van der Waals surface area contributed by atoms with Gasteiger partial charge in [0.25, 0.3) is 5.91 Å². The van der Waals surface area contributed by atoms with Crippen molar-refractivity contribution in [1.29, 1.82) is 0 Å². The highest BCUT2D eigenvalue weighted by atomic mass is 16.5. The second-order valence-corrected chi connectivity index (χ2v) is 7.91. The van der Waals surface area contributed by atoms with Gasteiger partial charge < -0.3 is 15.0 Å². The van der Waals surface area contributed by atoms with Gasteiger partial charge in [-0.3, -0.25) is 4.79 Å². The largest absolute Gasteiger partial charge is 0.372 e. The molecule has 0 aromatic heterocycles. The fraction of sp³-hybridized carbons (Fsp3) is 0.667. The molecule has 2 fully saturated rings. The van der Waals surface area contributed by atoms with Gasteiger partial charge in [0.1, 0.15) is 0 Å². The summed E-state index contributed by atoms with van der Waals surface area (Å²) in [6.45, 7) is 8.63. The summed E-state index contributed by atoms with van der Waals surface area (Å²) in [5, 5.41) is 3.70. The molecule has 1 aliphatic carbocycles. The average molecular weight is 344 g/mol. The van der Waals surface area contributed by atoms with E-state index in [2.05, 4.69) is 24.4 Å². The highest BCUT2D eigenvalue weighted by molar-refractivity contribution is 5.94. The zero-order valence-electron chi connectivity index (χ0n) is 15.8. The van der Waals surface area contributed by atoms with E-state index < -0.39 is 0 Å². The summed E-state index contributed by atoms with van der Waals surface area (Å²) < 4.78 is 5.72. The van der Waals surface area contributed by atoms with Gasteiger partial charge >= 0.3 is 0 Å². The number of benzene rings is 1. The van der Waals surface area contributed by atoms with E-state index in [9.17, 15) is 4.79 Å². The normalized spacial score (nSPS) is 30.3. The van der Waals surface area contributed by atoms with Crippen molar-refractivity contribution in [3.8, 4) is 0 Å². The van der Waals surface area contributed by atoms with E-state index in [4.69, 9.17) is 4.74 Å². The lowest BCUT2D eigenvalue weighted by Gasteiger charge is -2.35. The van der Waals surface area contributed by atoms with Crippen LogP contribution in [0.25, 0.3) is 0 Å². The van der Waals surface area contributed by atoms with E-state index in [1.807, 2.05) is 30.9 Å².